The molecule has 0 radical (unpaired) electrons. The summed E-state index contributed by atoms with van der Waals surface area (Å²) in [6, 6.07) is 23.4. The maximum absolute atomic E-state index is 14.0. The van der Waals surface area contributed by atoms with Crippen molar-refractivity contribution in [3.8, 4) is 16.9 Å². The van der Waals surface area contributed by atoms with Crippen molar-refractivity contribution in [1.29, 1.82) is 0 Å². The van der Waals surface area contributed by atoms with E-state index in [-0.39, 0.29) is 5.91 Å². The molecule has 0 aliphatic carbocycles. The van der Waals surface area contributed by atoms with Crippen LogP contribution >= 0.6 is 0 Å². The van der Waals surface area contributed by atoms with Crippen LogP contribution in [0.2, 0.25) is 0 Å². The molecule has 6 rings (SSSR count). The smallest absolute Gasteiger partial charge is 0.258 e. The van der Waals surface area contributed by atoms with Gasteiger partial charge in [-0.2, -0.15) is 0 Å². The summed E-state index contributed by atoms with van der Waals surface area (Å²) in [5.74, 6) is 0.752. The molecule has 2 aliphatic heterocycles. The third-order valence-corrected chi connectivity index (χ3v) is 8.66. The van der Waals surface area contributed by atoms with Crippen molar-refractivity contribution in [3.63, 3.8) is 0 Å². The molecular formula is C35H43N5O2. The van der Waals surface area contributed by atoms with Crippen LogP contribution in [0, 0.1) is 0 Å². The molecule has 0 bridgehead atoms. The normalized spacial score (nSPS) is 18.0. The molecule has 2 aliphatic rings. The van der Waals surface area contributed by atoms with Crippen molar-refractivity contribution in [2.45, 2.75) is 51.6 Å². The lowest BCUT2D eigenvalue weighted by molar-refractivity contribution is 0.0986. The van der Waals surface area contributed by atoms with Gasteiger partial charge in [-0.05, 0) is 112 Å². The monoisotopic (exact) mass is 565 g/mol. The van der Waals surface area contributed by atoms with Gasteiger partial charge in [0, 0.05) is 48.0 Å². The molecule has 3 N–H and O–H groups in total. The molecule has 4 aromatic rings. The van der Waals surface area contributed by atoms with Gasteiger partial charge in [-0.15, -0.1) is 0 Å². The van der Waals surface area contributed by atoms with Crippen molar-refractivity contribution in [1.82, 2.24) is 15.2 Å². The maximum Gasteiger partial charge on any atom is 0.258 e. The number of amides is 1. The number of aromatic amines is 1. The first-order valence-corrected chi connectivity index (χ1v) is 15.6. The number of nitrogens with zero attached hydrogens (tertiary/aromatic N) is 2. The van der Waals surface area contributed by atoms with Crippen molar-refractivity contribution >= 4 is 28.2 Å². The summed E-state index contributed by atoms with van der Waals surface area (Å²) < 4.78 is 6.52. The molecule has 0 unspecified atom stereocenters. The molecule has 1 aromatic heterocycles. The predicted octanol–water partition coefficient (Wildman–Crippen LogP) is 6.53. The number of carbonyl (C=O) groups is 1. The Hall–Kier alpha value is -3.81. The number of hydrogen-bond acceptors (Lipinski definition) is 5. The number of fused-ring (bicyclic) bond motifs is 2. The summed E-state index contributed by atoms with van der Waals surface area (Å²) in [6.45, 7) is 9.76. The number of anilines is 2. The lowest BCUT2D eigenvalue weighted by Crippen LogP contribution is -2.43. The lowest BCUT2D eigenvalue weighted by Gasteiger charge is -2.32. The molecule has 0 saturated carbocycles. The minimum Gasteiger partial charge on any atom is -0.492 e. The quantitative estimate of drug-likeness (QED) is 0.215. The first-order valence-electron chi connectivity index (χ1n) is 15.6. The average molecular weight is 566 g/mol. The van der Waals surface area contributed by atoms with Crippen LogP contribution in [0.15, 0.2) is 72.9 Å². The Morgan fingerprint density at radius 3 is 2.71 bits per heavy atom. The number of carbonyl (C=O) groups excluding carboxylic acids is 1. The van der Waals surface area contributed by atoms with Crippen LogP contribution in [0.5, 0.6) is 5.75 Å². The van der Waals surface area contributed by atoms with Gasteiger partial charge in [-0.3, -0.25) is 9.69 Å². The number of H-pyrrole nitrogens is 1. The first-order chi connectivity index (χ1) is 20.6. The third kappa shape index (κ3) is 6.32. The van der Waals surface area contributed by atoms with Crippen LogP contribution in [0.1, 0.15) is 49.9 Å². The summed E-state index contributed by atoms with van der Waals surface area (Å²) in [7, 11) is 0. The maximum atomic E-state index is 14.0. The van der Waals surface area contributed by atoms with Gasteiger partial charge in [0.1, 0.15) is 12.4 Å². The topological polar surface area (TPSA) is 72.6 Å². The van der Waals surface area contributed by atoms with E-state index in [0.717, 1.165) is 71.8 Å². The second-order valence-electron chi connectivity index (χ2n) is 11.7. The number of nitrogens with one attached hydrogen (secondary N) is 3. The average Bonchev–Trinajstić information content (AvgIpc) is 3.42. The highest BCUT2D eigenvalue weighted by Gasteiger charge is 2.25. The van der Waals surface area contributed by atoms with E-state index in [1.54, 1.807) is 0 Å². The van der Waals surface area contributed by atoms with Crippen LogP contribution in [-0.2, 0) is 0 Å². The van der Waals surface area contributed by atoms with Crippen LogP contribution < -0.4 is 20.3 Å². The van der Waals surface area contributed by atoms with Crippen molar-refractivity contribution in [3.05, 3.63) is 78.5 Å². The fraction of sp³-hybridized carbons (Fsp3) is 0.400. The highest BCUT2D eigenvalue weighted by Crippen LogP contribution is 2.35. The fourth-order valence-electron chi connectivity index (χ4n) is 6.21. The van der Waals surface area contributed by atoms with Gasteiger partial charge in [-0.25, -0.2) is 0 Å². The van der Waals surface area contributed by atoms with E-state index < -0.39 is 0 Å². The molecule has 42 heavy (non-hydrogen) atoms. The molecule has 7 nitrogen and oxygen atoms in total. The number of para-hydroxylation sites is 2. The van der Waals surface area contributed by atoms with Crippen molar-refractivity contribution in [2.24, 2.45) is 0 Å². The number of aromatic nitrogens is 1. The molecule has 3 aromatic carbocycles. The Bertz CT molecular complexity index is 1510. The fourth-order valence-corrected chi connectivity index (χ4v) is 6.21. The first kappa shape index (κ1) is 28.3. The zero-order valence-corrected chi connectivity index (χ0v) is 24.9. The Kier molecular flexibility index (Phi) is 8.77. The molecule has 1 atom stereocenters. The minimum absolute atomic E-state index is 0.00233. The minimum atomic E-state index is -0.00233. The van der Waals surface area contributed by atoms with Crippen LogP contribution in [0.25, 0.3) is 22.0 Å². The molecule has 220 valence electrons. The number of benzene rings is 3. The summed E-state index contributed by atoms with van der Waals surface area (Å²) in [5, 5.41) is 8.38. The van der Waals surface area contributed by atoms with Crippen LogP contribution in [-0.4, -0.2) is 67.2 Å². The van der Waals surface area contributed by atoms with Crippen molar-refractivity contribution in [2.75, 3.05) is 49.5 Å². The van der Waals surface area contributed by atoms with E-state index in [1.807, 2.05) is 47.5 Å². The molecule has 3 heterocycles. The standard InChI is InChI=1S/C35H43N5O2/c1-3-16-36-29-14-18-39(19-15-29)21-22-42-34-24-28(8-10-30(34)26-9-11-31-27(23-26)12-17-37-31)35(41)40-20-13-25(2)38-32-6-4-5-7-33(32)40/h4-12,17,23-25,29,36-38H,3,13-16,18-22H2,1-2H3/t25-/m0/s1. The zero-order valence-electron chi connectivity index (χ0n) is 24.9. The third-order valence-electron chi connectivity index (χ3n) is 8.66. The highest BCUT2D eigenvalue weighted by atomic mass is 16.5. The summed E-state index contributed by atoms with van der Waals surface area (Å²) in [4.78, 5) is 21.7. The van der Waals surface area contributed by atoms with E-state index in [9.17, 15) is 4.79 Å². The summed E-state index contributed by atoms with van der Waals surface area (Å²) >= 11 is 0. The zero-order chi connectivity index (χ0) is 28.9. The molecule has 0 spiro atoms. The summed E-state index contributed by atoms with van der Waals surface area (Å²) in [5.41, 5.74) is 5.75. The van der Waals surface area contributed by atoms with Crippen LogP contribution in [0.4, 0.5) is 11.4 Å². The molecule has 1 fully saturated rings. The molecule has 1 amide bonds. The molecule has 1 saturated heterocycles. The Labute approximate surface area is 249 Å². The Morgan fingerprint density at radius 2 is 1.86 bits per heavy atom. The van der Waals surface area contributed by atoms with Gasteiger partial charge in [0.05, 0.1) is 11.4 Å². The van der Waals surface area contributed by atoms with E-state index in [0.29, 0.717) is 30.8 Å². The number of likely N-dealkylation sites (tertiary alicyclic amines) is 1. The number of hydrogen-bond donors (Lipinski definition) is 3. The van der Waals surface area contributed by atoms with E-state index in [2.05, 4.69) is 64.7 Å². The van der Waals surface area contributed by atoms with Gasteiger partial charge >= 0.3 is 0 Å². The van der Waals surface area contributed by atoms with Gasteiger partial charge in [0.2, 0.25) is 0 Å². The molecule has 7 heteroatoms. The molecular weight excluding hydrogens is 522 g/mol. The van der Waals surface area contributed by atoms with Gasteiger partial charge < -0.3 is 25.3 Å². The summed E-state index contributed by atoms with van der Waals surface area (Å²) in [6.07, 6.45) is 6.37. The van der Waals surface area contributed by atoms with E-state index >= 15 is 0 Å². The number of ether oxygens (including phenoxy) is 1. The number of rotatable bonds is 9. The second-order valence-corrected chi connectivity index (χ2v) is 11.7. The Morgan fingerprint density at radius 1 is 1.00 bits per heavy atom. The van der Waals surface area contributed by atoms with E-state index in [4.69, 9.17) is 4.74 Å². The van der Waals surface area contributed by atoms with Crippen LogP contribution in [0.3, 0.4) is 0 Å². The second kappa shape index (κ2) is 13.0. The van der Waals surface area contributed by atoms with Gasteiger partial charge in [0.15, 0.2) is 0 Å². The Balaban J connectivity index is 1.23. The van der Waals surface area contributed by atoms with Gasteiger partial charge in [0.25, 0.3) is 5.91 Å². The largest absolute Gasteiger partial charge is 0.492 e. The SMILES string of the molecule is CCCNC1CCN(CCOc2cc(C(=O)N3CC[C@H](C)Nc4ccccc43)ccc2-c2ccc3[nH]ccc3c2)CC1. The van der Waals surface area contributed by atoms with Crippen molar-refractivity contribution < 1.29 is 9.53 Å². The van der Waals surface area contributed by atoms with E-state index in [1.165, 1.54) is 19.3 Å². The lowest BCUT2D eigenvalue weighted by atomic mass is 10.0. The highest BCUT2D eigenvalue weighted by molar-refractivity contribution is 6.08. The number of piperidine rings is 1. The van der Waals surface area contributed by atoms with Gasteiger partial charge in [-0.1, -0.05) is 25.1 Å². The predicted molar refractivity (Wildman–Crippen MR) is 173 cm³/mol.